The van der Waals surface area contributed by atoms with E-state index in [1.165, 1.54) is 61.5 Å². The molecule has 0 unspecified atom stereocenters. The van der Waals surface area contributed by atoms with Crippen molar-refractivity contribution in [3.05, 3.63) is 269 Å². The summed E-state index contributed by atoms with van der Waals surface area (Å²) in [6, 6.07) is 61.8. The molecule has 0 saturated heterocycles. The van der Waals surface area contributed by atoms with E-state index < -0.39 is 19.1 Å². The molecule has 10 aromatic rings. The lowest BCUT2D eigenvalue weighted by Gasteiger charge is -2.06. The predicted octanol–water partition coefficient (Wildman–Crippen LogP) is 18.4. The lowest BCUT2D eigenvalue weighted by Crippen LogP contribution is -2.31. The zero-order chi connectivity index (χ0) is 63.1. The molecule has 5 aromatic carbocycles. The van der Waals surface area contributed by atoms with Crippen molar-refractivity contribution >= 4 is 0 Å². The molecule has 5 nitrogen and oxygen atoms in total. The minimum absolute atomic E-state index is 0. The van der Waals surface area contributed by atoms with Crippen molar-refractivity contribution in [3.63, 3.8) is 0 Å². The molecular formula is C80H110N5+5. The van der Waals surface area contributed by atoms with Gasteiger partial charge in [0.05, 0.1) is 0 Å². The topological polar surface area (TPSA) is 19.4 Å². The third kappa shape index (κ3) is 20.6. The molecule has 0 aliphatic rings. The number of hydrogen-bond donors (Lipinski definition) is 0. The minimum atomic E-state index is -1.31. The van der Waals surface area contributed by atoms with E-state index in [-0.39, 0.29) is 37.1 Å². The first-order chi connectivity index (χ1) is 40.6. The number of aromatic nitrogens is 5. The van der Waals surface area contributed by atoms with E-state index >= 15 is 0 Å². The van der Waals surface area contributed by atoms with Crippen LogP contribution >= 0.6 is 0 Å². The average Bonchev–Trinajstić information content (AvgIpc) is 0.986. The number of aryl methyl sites for hydroxylation is 15. The lowest BCUT2D eigenvalue weighted by atomic mass is 10.0. The van der Waals surface area contributed by atoms with Crippen molar-refractivity contribution in [1.29, 1.82) is 0 Å². The Hall–Kier alpha value is -8.15. The zero-order valence-corrected chi connectivity index (χ0v) is 50.4. The maximum atomic E-state index is 7.81. The van der Waals surface area contributed by atoms with Gasteiger partial charge in [0.1, 0.15) is 35.2 Å². The van der Waals surface area contributed by atoms with Gasteiger partial charge in [-0.3, -0.25) is 0 Å². The summed E-state index contributed by atoms with van der Waals surface area (Å²) in [5.41, 5.74) is 23.0. The van der Waals surface area contributed by atoms with Crippen LogP contribution in [0.5, 0.6) is 0 Å². The molecule has 5 heteroatoms. The van der Waals surface area contributed by atoms with Crippen molar-refractivity contribution in [2.24, 2.45) is 35.2 Å². The molecule has 450 valence electrons. The molecule has 0 bridgehead atoms. The largest absolute Gasteiger partial charge is 0.212 e. The summed E-state index contributed by atoms with van der Waals surface area (Å²) in [4.78, 5) is 0. The van der Waals surface area contributed by atoms with Crippen LogP contribution in [-0.4, -0.2) is 0 Å². The van der Waals surface area contributed by atoms with Crippen molar-refractivity contribution < 1.29 is 31.1 Å². The average molecular weight is 1150 g/mol. The molecule has 0 atom stereocenters. The quantitative estimate of drug-likeness (QED) is 0.122. The van der Waals surface area contributed by atoms with E-state index in [4.69, 9.17) is 8.22 Å². The monoisotopic (exact) mass is 1150 g/mol. The van der Waals surface area contributed by atoms with Gasteiger partial charge in [-0.15, -0.1) is 0 Å². The predicted molar refractivity (Wildman–Crippen MR) is 370 cm³/mol. The molecule has 5 heterocycles. The van der Waals surface area contributed by atoms with Crippen LogP contribution in [0.25, 0.3) is 56.3 Å². The molecule has 85 heavy (non-hydrogen) atoms. The zero-order valence-electron chi connectivity index (χ0n) is 56.4. The molecule has 0 aliphatic carbocycles. The fourth-order valence-corrected chi connectivity index (χ4v) is 9.63. The van der Waals surface area contributed by atoms with Gasteiger partial charge >= 0.3 is 0 Å². The molecule has 0 radical (unpaired) electrons. The third-order valence-corrected chi connectivity index (χ3v) is 14.6. The van der Waals surface area contributed by atoms with E-state index in [9.17, 15) is 0 Å². The lowest BCUT2D eigenvalue weighted by molar-refractivity contribution is -0.660. The Morgan fingerprint density at radius 2 is 0.588 bits per heavy atom. The number of pyridine rings is 5. The molecule has 0 N–H and O–H groups in total. The highest BCUT2D eigenvalue weighted by atomic mass is 14.9. The van der Waals surface area contributed by atoms with E-state index in [0.717, 1.165) is 52.2 Å². The maximum absolute atomic E-state index is 7.81. The van der Waals surface area contributed by atoms with Gasteiger partial charge in [-0.25, -0.2) is 22.8 Å². The van der Waals surface area contributed by atoms with Gasteiger partial charge in [-0.1, -0.05) is 157 Å². The summed E-state index contributed by atoms with van der Waals surface area (Å²) in [6.45, 7) is 19.6. The molecule has 0 fully saturated rings. The van der Waals surface area contributed by atoms with Gasteiger partial charge in [0.25, 0.3) is 0 Å². The van der Waals surface area contributed by atoms with Crippen LogP contribution in [0, 0.1) is 34.6 Å². The van der Waals surface area contributed by atoms with Crippen LogP contribution in [0.2, 0.25) is 0 Å². The standard InChI is InChI=1S/5C15H18N.5CH4/c1-4-13-8-9-14(12(2)11-13)15-7-5-6-10-16(15)3;2*1-4-13-9-10-16(3)15(11-13)14-8-6-5-7-12(14)2;2*1-4-13-9-10-15(16(3)11-13)14-8-6-5-7-12(14)2;;;;;/h5*5-11H,4H2,1-3H3;5*1H4/q5*+1;;;;;/i2*4D2;;4D2;;;;;;. The van der Waals surface area contributed by atoms with Crippen LogP contribution in [0.3, 0.4) is 0 Å². The Bertz CT molecular complexity index is 3790. The molecule has 0 saturated carbocycles. The maximum Gasteiger partial charge on any atom is 0.212 e. The van der Waals surface area contributed by atoms with E-state index in [1.807, 2.05) is 135 Å². The first kappa shape index (κ1) is 64.4. The third-order valence-electron chi connectivity index (χ3n) is 14.6. The van der Waals surface area contributed by atoms with Crippen LogP contribution in [0.1, 0.15) is 136 Å². The Kier molecular flexibility index (Phi) is 28.2. The van der Waals surface area contributed by atoms with Gasteiger partial charge in [0.15, 0.2) is 31.0 Å². The van der Waals surface area contributed by atoms with Gasteiger partial charge in [-0.05, 0) is 160 Å². The van der Waals surface area contributed by atoms with Gasteiger partial charge in [-0.2, -0.15) is 0 Å². The highest BCUT2D eigenvalue weighted by molar-refractivity contribution is 5.64. The highest BCUT2D eigenvalue weighted by Crippen LogP contribution is 2.25. The number of rotatable bonds is 10. The van der Waals surface area contributed by atoms with Crippen molar-refractivity contribution in [2.45, 2.75) is 138 Å². The summed E-state index contributed by atoms with van der Waals surface area (Å²) in [5, 5.41) is 0. The molecule has 10 rings (SSSR count). The van der Waals surface area contributed by atoms with Crippen molar-refractivity contribution in [3.8, 4) is 56.3 Å². The van der Waals surface area contributed by atoms with Crippen LogP contribution in [-0.2, 0) is 67.2 Å². The summed E-state index contributed by atoms with van der Waals surface area (Å²) in [6.07, 6.45) is 8.40. The summed E-state index contributed by atoms with van der Waals surface area (Å²) in [7, 11) is 10.2. The Morgan fingerprint density at radius 1 is 0.271 bits per heavy atom. The van der Waals surface area contributed by atoms with Crippen molar-refractivity contribution in [2.75, 3.05) is 0 Å². The smallest absolute Gasteiger partial charge is 0.201 e. The second-order valence-electron chi connectivity index (χ2n) is 20.3. The van der Waals surface area contributed by atoms with Crippen LogP contribution in [0.4, 0.5) is 0 Å². The first-order valence-corrected chi connectivity index (χ1v) is 27.9. The van der Waals surface area contributed by atoms with Crippen LogP contribution < -0.4 is 22.8 Å². The van der Waals surface area contributed by atoms with E-state index in [1.54, 1.807) is 20.8 Å². The fourth-order valence-electron chi connectivity index (χ4n) is 9.63. The van der Waals surface area contributed by atoms with Gasteiger partial charge in [0.2, 0.25) is 28.5 Å². The van der Waals surface area contributed by atoms with Crippen LogP contribution in [0.15, 0.2) is 213 Å². The summed E-state index contributed by atoms with van der Waals surface area (Å²) >= 11 is 0. The van der Waals surface area contributed by atoms with E-state index in [2.05, 4.69) is 185 Å². The Labute approximate surface area is 527 Å². The number of benzene rings is 5. The molecular weight excluding hydrogens is 1030 g/mol. The second-order valence-corrected chi connectivity index (χ2v) is 20.3. The Balaban J connectivity index is 0.000000562. The molecule has 0 spiro atoms. The highest BCUT2D eigenvalue weighted by Gasteiger charge is 2.16. The van der Waals surface area contributed by atoms with Gasteiger partial charge < -0.3 is 0 Å². The summed E-state index contributed by atoms with van der Waals surface area (Å²) < 4.78 is 57.1. The second kappa shape index (κ2) is 37.2. The Morgan fingerprint density at radius 3 is 0.976 bits per heavy atom. The molecule has 0 aliphatic heterocycles. The minimum Gasteiger partial charge on any atom is -0.201 e. The normalized spacial score (nSPS) is 11.4. The van der Waals surface area contributed by atoms with E-state index in [0.29, 0.717) is 11.1 Å². The fraction of sp³-hybridized carbons (Fsp3) is 0.312. The van der Waals surface area contributed by atoms with Crippen molar-refractivity contribution in [1.82, 2.24) is 0 Å². The number of hydrogen-bond acceptors (Lipinski definition) is 0. The first-order valence-electron chi connectivity index (χ1n) is 30.9. The summed E-state index contributed by atoms with van der Waals surface area (Å²) in [5.74, 6) is 0. The number of nitrogens with zero attached hydrogens (tertiary/aromatic N) is 5. The molecule has 5 aromatic heterocycles. The molecule has 0 amide bonds. The van der Waals surface area contributed by atoms with Gasteiger partial charge in [0, 0.05) is 95.7 Å². The SMILES string of the molecule is C.C.C.C.C.CCc1cc[n+](C)c(-c2ccccc2C)c1.CCc1ccc(-c2ccccc2C)[n+](C)c1.[2H]C([2H])(C)c1cc[n+](C)c(-c2ccccc2C)c1.[2H]C([2H])(C)c1ccc(-c2cccc[n+]2C)c(C)c1.[2H]C([2H])(C)c1ccc(-c2ccccc2C)[n+](C)c1.